The summed E-state index contributed by atoms with van der Waals surface area (Å²) in [7, 11) is 1.88. The molecule has 0 radical (unpaired) electrons. The number of carbonyl (C=O) groups is 1. The van der Waals surface area contributed by atoms with Gasteiger partial charge in [0.25, 0.3) is 5.91 Å². The molecule has 1 aliphatic rings. The first-order valence-electron chi connectivity index (χ1n) is 8.71. The van der Waals surface area contributed by atoms with Gasteiger partial charge in [-0.05, 0) is 32.0 Å². The number of likely N-dealkylation sites (N-methyl/N-ethyl adjacent to an activating group) is 1. The predicted octanol–water partition coefficient (Wildman–Crippen LogP) is 3.72. The Morgan fingerprint density at radius 3 is 2.59 bits per heavy atom. The monoisotopic (exact) mass is 396 g/mol. The van der Waals surface area contributed by atoms with Gasteiger partial charge in [-0.1, -0.05) is 30.3 Å². The summed E-state index contributed by atoms with van der Waals surface area (Å²) >= 11 is 0. The van der Waals surface area contributed by atoms with Crippen molar-refractivity contribution in [2.45, 2.75) is 25.0 Å². The van der Waals surface area contributed by atoms with Gasteiger partial charge in [0.2, 0.25) is 6.10 Å². The van der Waals surface area contributed by atoms with E-state index in [0.29, 0.717) is 18.7 Å². The molecule has 0 saturated carbocycles. The Kier molecular flexibility index (Phi) is 7.56. The maximum Gasteiger partial charge on any atom is 0.268 e. The highest BCUT2D eigenvalue weighted by Crippen LogP contribution is 2.26. The maximum atomic E-state index is 13.5. The van der Waals surface area contributed by atoms with Gasteiger partial charge in [-0.25, -0.2) is 8.78 Å². The van der Waals surface area contributed by atoms with E-state index >= 15 is 0 Å². The molecule has 1 amide bonds. The number of amides is 1. The first kappa shape index (κ1) is 21.1. The Balaban J connectivity index is 0.00000261. The van der Waals surface area contributed by atoms with Gasteiger partial charge in [0.05, 0.1) is 0 Å². The van der Waals surface area contributed by atoms with Crippen LogP contribution in [0.1, 0.15) is 24.5 Å². The molecule has 7 heteroatoms. The van der Waals surface area contributed by atoms with Gasteiger partial charge in [-0.15, -0.1) is 12.4 Å². The molecule has 0 bridgehead atoms. The Morgan fingerprint density at radius 1 is 1.19 bits per heavy atom. The van der Waals surface area contributed by atoms with Gasteiger partial charge >= 0.3 is 0 Å². The number of halogens is 3. The minimum atomic E-state index is -1.00. The van der Waals surface area contributed by atoms with Crippen LogP contribution in [-0.2, 0) is 4.79 Å². The number of benzene rings is 2. The van der Waals surface area contributed by atoms with E-state index in [9.17, 15) is 13.6 Å². The molecule has 1 N–H and O–H groups in total. The Hall–Kier alpha value is -2.18. The molecule has 0 aliphatic carbocycles. The summed E-state index contributed by atoms with van der Waals surface area (Å²) < 4.78 is 32.5. The molecule has 1 fully saturated rings. The summed E-state index contributed by atoms with van der Waals surface area (Å²) in [4.78, 5) is 14.9. The lowest BCUT2D eigenvalue weighted by Crippen LogP contribution is -2.49. The number of hydrogen-bond acceptors (Lipinski definition) is 3. The van der Waals surface area contributed by atoms with Crippen LogP contribution in [0.2, 0.25) is 0 Å². The van der Waals surface area contributed by atoms with Crippen molar-refractivity contribution in [3.8, 4) is 5.75 Å². The summed E-state index contributed by atoms with van der Waals surface area (Å²) in [6.45, 7) is 1.25. The predicted molar refractivity (Wildman–Crippen MR) is 102 cm³/mol. The Labute approximate surface area is 163 Å². The maximum absolute atomic E-state index is 13.5. The second kappa shape index (κ2) is 9.67. The van der Waals surface area contributed by atoms with Gasteiger partial charge in [0, 0.05) is 30.8 Å². The Morgan fingerprint density at radius 2 is 1.93 bits per heavy atom. The molecule has 2 aromatic rings. The molecular formula is C20H23ClF2N2O2. The van der Waals surface area contributed by atoms with Gasteiger partial charge < -0.3 is 15.0 Å². The summed E-state index contributed by atoms with van der Waals surface area (Å²) in [6.07, 6.45) is 1.02. The topological polar surface area (TPSA) is 41.6 Å². The van der Waals surface area contributed by atoms with Crippen LogP contribution in [-0.4, -0.2) is 37.0 Å². The largest absolute Gasteiger partial charge is 0.476 e. The number of likely N-dealkylation sites (tertiary alicyclic amines) is 1. The van der Waals surface area contributed by atoms with Crippen molar-refractivity contribution in [2.24, 2.45) is 0 Å². The van der Waals surface area contributed by atoms with E-state index in [1.165, 1.54) is 6.07 Å². The molecular weight excluding hydrogens is 374 g/mol. The molecule has 27 heavy (non-hydrogen) atoms. The number of rotatable bonds is 5. The number of nitrogens with one attached hydrogen (secondary N) is 1. The zero-order valence-electron chi connectivity index (χ0n) is 15.0. The van der Waals surface area contributed by atoms with Crippen LogP contribution >= 0.6 is 12.4 Å². The van der Waals surface area contributed by atoms with Crippen LogP contribution in [0.5, 0.6) is 5.75 Å². The van der Waals surface area contributed by atoms with E-state index in [1.54, 1.807) is 17.0 Å². The van der Waals surface area contributed by atoms with E-state index in [4.69, 9.17) is 4.74 Å². The summed E-state index contributed by atoms with van der Waals surface area (Å²) in [5.41, 5.74) is 0.675. The highest BCUT2D eigenvalue weighted by Gasteiger charge is 2.31. The van der Waals surface area contributed by atoms with Crippen molar-refractivity contribution in [3.05, 3.63) is 65.7 Å². The van der Waals surface area contributed by atoms with Crippen molar-refractivity contribution >= 4 is 18.3 Å². The number of piperidine rings is 1. The first-order valence-corrected chi connectivity index (χ1v) is 8.71. The summed E-state index contributed by atoms with van der Waals surface area (Å²) in [6, 6.07) is 12.6. The van der Waals surface area contributed by atoms with E-state index in [1.807, 2.05) is 25.2 Å². The fraction of sp³-hybridized carbons (Fsp3) is 0.350. The molecule has 0 aromatic heterocycles. The van der Waals surface area contributed by atoms with E-state index in [2.05, 4.69) is 5.32 Å². The van der Waals surface area contributed by atoms with Crippen LogP contribution in [0.4, 0.5) is 8.78 Å². The molecule has 3 rings (SSSR count). The third-order valence-electron chi connectivity index (χ3n) is 4.61. The first-order chi connectivity index (χ1) is 12.6. The average molecular weight is 397 g/mol. The third-order valence-corrected chi connectivity index (χ3v) is 4.61. The van der Waals surface area contributed by atoms with Crippen molar-refractivity contribution in [1.82, 2.24) is 10.2 Å². The van der Waals surface area contributed by atoms with Crippen molar-refractivity contribution in [3.63, 3.8) is 0 Å². The van der Waals surface area contributed by atoms with Gasteiger partial charge in [0.1, 0.15) is 5.75 Å². The lowest BCUT2D eigenvalue weighted by Gasteiger charge is -2.35. The van der Waals surface area contributed by atoms with E-state index < -0.39 is 17.7 Å². The molecule has 1 aliphatic heterocycles. The van der Waals surface area contributed by atoms with Crippen LogP contribution in [0, 0.1) is 11.6 Å². The summed E-state index contributed by atoms with van der Waals surface area (Å²) in [5.74, 6) is -2.02. The minimum Gasteiger partial charge on any atom is -0.476 e. The van der Waals surface area contributed by atoms with Crippen molar-refractivity contribution < 1.29 is 18.3 Å². The smallest absolute Gasteiger partial charge is 0.268 e. The minimum absolute atomic E-state index is 0. The van der Waals surface area contributed by atoms with Crippen molar-refractivity contribution in [1.29, 1.82) is 0 Å². The molecule has 2 aromatic carbocycles. The molecule has 2 atom stereocenters. The number of hydrogen-bond donors (Lipinski definition) is 1. The lowest BCUT2D eigenvalue weighted by molar-refractivity contribution is -0.140. The number of ether oxygens (including phenoxy) is 1. The molecule has 4 nitrogen and oxygen atoms in total. The molecule has 1 saturated heterocycles. The zero-order valence-corrected chi connectivity index (χ0v) is 15.8. The SMILES string of the molecule is CNC1CCCN(C(=O)C(Oc2ccc(F)c(F)c2)c2ccccc2)C1.Cl. The van der Waals surface area contributed by atoms with Crippen LogP contribution in [0.15, 0.2) is 48.5 Å². The third kappa shape index (κ3) is 5.17. The normalized spacial score (nSPS) is 17.7. The van der Waals surface area contributed by atoms with Crippen molar-refractivity contribution in [2.75, 3.05) is 20.1 Å². The number of carbonyl (C=O) groups excluding carboxylic acids is 1. The lowest BCUT2D eigenvalue weighted by atomic mass is 10.0. The highest BCUT2D eigenvalue weighted by atomic mass is 35.5. The van der Waals surface area contributed by atoms with Gasteiger partial charge in [0.15, 0.2) is 11.6 Å². The molecule has 2 unspecified atom stereocenters. The van der Waals surface area contributed by atoms with E-state index in [-0.39, 0.29) is 30.1 Å². The molecule has 0 spiro atoms. The molecule has 1 heterocycles. The summed E-state index contributed by atoms with van der Waals surface area (Å²) in [5, 5.41) is 3.20. The van der Waals surface area contributed by atoms with Crippen LogP contribution in [0.3, 0.4) is 0 Å². The molecule has 146 valence electrons. The van der Waals surface area contributed by atoms with E-state index in [0.717, 1.165) is 25.0 Å². The van der Waals surface area contributed by atoms with Gasteiger partial charge in [-0.2, -0.15) is 0 Å². The second-order valence-electron chi connectivity index (χ2n) is 6.40. The quantitative estimate of drug-likeness (QED) is 0.837. The standard InChI is InChI=1S/C20H22F2N2O2.ClH/c1-23-15-8-5-11-24(13-15)20(25)19(14-6-3-2-4-7-14)26-16-9-10-17(21)18(22)12-16;/h2-4,6-7,9-10,12,15,19,23H,5,8,11,13H2,1H3;1H. The second-order valence-corrected chi connectivity index (χ2v) is 6.40. The van der Waals surface area contributed by atoms with Gasteiger partial charge in [-0.3, -0.25) is 4.79 Å². The number of nitrogens with zero attached hydrogens (tertiary/aromatic N) is 1. The zero-order chi connectivity index (χ0) is 18.5. The average Bonchev–Trinajstić information content (AvgIpc) is 2.69. The fourth-order valence-electron chi connectivity index (χ4n) is 3.15. The Bertz CT molecular complexity index is 761. The highest BCUT2D eigenvalue weighted by molar-refractivity contribution is 5.85. The fourth-order valence-corrected chi connectivity index (χ4v) is 3.15. The van der Waals surface area contributed by atoms with Crippen LogP contribution < -0.4 is 10.1 Å². The van der Waals surface area contributed by atoms with Crippen LogP contribution in [0.25, 0.3) is 0 Å².